The number of carboxylic acids is 2. The molecule has 1 aromatic heterocycles. The van der Waals surface area contributed by atoms with Gasteiger partial charge in [0.2, 0.25) is 0 Å². The molecule has 0 aliphatic carbocycles. The van der Waals surface area contributed by atoms with E-state index < -0.39 is 24.0 Å². The van der Waals surface area contributed by atoms with Crippen molar-refractivity contribution in [2.75, 3.05) is 0 Å². The average molecular weight is 280 g/mol. The van der Waals surface area contributed by atoms with E-state index in [1.54, 1.807) is 24.5 Å². The minimum atomic E-state index is -1.07. The van der Waals surface area contributed by atoms with Crippen molar-refractivity contribution >= 4 is 11.9 Å². The number of nitrogens with zero attached hydrogens (tertiary/aromatic N) is 1. The van der Waals surface area contributed by atoms with E-state index in [2.05, 4.69) is 10.3 Å². The van der Waals surface area contributed by atoms with Crippen molar-refractivity contribution in [1.82, 2.24) is 10.3 Å². The molecule has 0 saturated carbocycles. The lowest BCUT2D eigenvalue weighted by Gasteiger charge is -2.21. The highest BCUT2D eigenvalue weighted by molar-refractivity contribution is 5.77. The van der Waals surface area contributed by atoms with Crippen molar-refractivity contribution in [2.45, 2.75) is 38.8 Å². The predicted octanol–water partition coefficient (Wildman–Crippen LogP) is 1.17. The van der Waals surface area contributed by atoms with Crippen LogP contribution in [0, 0.1) is 5.92 Å². The third kappa shape index (κ3) is 5.36. The quantitative estimate of drug-likeness (QED) is 0.661. The largest absolute Gasteiger partial charge is 0.480 e. The van der Waals surface area contributed by atoms with E-state index in [1.165, 1.54) is 0 Å². The van der Waals surface area contributed by atoms with Crippen LogP contribution in [0.2, 0.25) is 0 Å². The van der Waals surface area contributed by atoms with Gasteiger partial charge in [-0.3, -0.25) is 19.9 Å². The fourth-order valence-corrected chi connectivity index (χ4v) is 1.93. The Morgan fingerprint density at radius 1 is 1.25 bits per heavy atom. The van der Waals surface area contributed by atoms with Crippen LogP contribution in [0.1, 0.15) is 25.8 Å². The van der Waals surface area contributed by atoms with Crippen LogP contribution in [0.5, 0.6) is 0 Å². The van der Waals surface area contributed by atoms with Gasteiger partial charge in [-0.25, -0.2) is 0 Å². The maximum Gasteiger partial charge on any atom is 0.321 e. The minimum Gasteiger partial charge on any atom is -0.480 e. The van der Waals surface area contributed by atoms with E-state index in [4.69, 9.17) is 5.11 Å². The molecule has 1 heterocycles. The summed E-state index contributed by atoms with van der Waals surface area (Å²) in [6.07, 6.45) is 3.76. The molecule has 0 saturated heterocycles. The molecule has 20 heavy (non-hydrogen) atoms. The Morgan fingerprint density at radius 3 is 2.35 bits per heavy atom. The second-order valence-corrected chi connectivity index (χ2v) is 5.14. The molecule has 0 aliphatic heterocycles. The molecule has 110 valence electrons. The predicted molar refractivity (Wildman–Crippen MR) is 73.4 cm³/mol. The topological polar surface area (TPSA) is 99.5 Å². The summed E-state index contributed by atoms with van der Waals surface area (Å²) in [5, 5.41) is 21.1. The molecule has 6 heteroatoms. The Hall–Kier alpha value is -1.95. The molecule has 1 rings (SSSR count). The van der Waals surface area contributed by atoms with Gasteiger partial charge in [-0.1, -0.05) is 19.9 Å². The van der Waals surface area contributed by atoms with Crippen LogP contribution >= 0.6 is 0 Å². The van der Waals surface area contributed by atoms with Crippen LogP contribution in [-0.2, 0) is 16.0 Å². The van der Waals surface area contributed by atoms with Gasteiger partial charge in [-0.05, 0) is 30.4 Å². The number of carbonyl (C=O) groups is 2. The van der Waals surface area contributed by atoms with Crippen LogP contribution in [0.3, 0.4) is 0 Å². The molecule has 2 atom stereocenters. The number of nitrogens with one attached hydrogen (secondary N) is 1. The number of carboxylic acid groups (broad SMARTS) is 2. The molecule has 0 aromatic carbocycles. The van der Waals surface area contributed by atoms with Crippen LogP contribution in [0.25, 0.3) is 0 Å². The standard InChI is InChI=1S/C14H20N2O4/c1-9(2)6-11(13(17)18)16-12(14(19)20)7-10-4-3-5-15-8-10/h3-5,8-9,11-12,16H,6-7H2,1-2H3,(H,17,18)(H,19,20). The van der Waals surface area contributed by atoms with Gasteiger partial charge < -0.3 is 10.2 Å². The van der Waals surface area contributed by atoms with Gasteiger partial charge in [0.25, 0.3) is 0 Å². The van der Waals surface area contributed by atoms with E-state index in [-0.39, 0.29) is 12.3 Å². The highest BCUT2D eigenvalue weighted by atomic mass is 16.4. The van der Waals surface area contributed by atoms with Gasteiger partial charge in [0.15, 0.2) is 0 Å². The third-order valence-electron chi connectivity index (χ3n) is 2.87. The summed E-state index contributed by atoms with van der Waals surface area (Å²) in [6, 6.07) is 1.67. The highest BCUT2D eigenvalue weighted by Gasteiger charge is 2.26. The fourth-order valence-electron chi connectivity index (χ4n) is 1.93. The van der Waals surface area contributed by atoms with Crippen molar-refractivity contribution in [1.29, 1.82) is 0 Å². The highest BCUT2D eigenvalue weighted by Crippen LogP contribution is 2.08. The monoisotopic (exact) mass is 280 g/mol. The molecule has 0 spiro atoms. The summed E-state index contributed by atoms with van der Waals surface area (Å²) in [7, 11) is 0. The van der Waals surface area contributed by atoms with Gasteiger partial charge in [0, 0.05) is 12.4 Å². The zero-order valence-corrected chi connectivity index (χ0v) is 11.6. The molecule has 1 aromatic rings. The number of aliphatic carboxylic acids is 2. The van der Waals surface area contributed by atoms with Gasteiger partial charge in [-0.2, -0.15) is 0 Å². The smallest absolute Gasteiger partial charge is 0.321 e. The lowest BCUT2D eigenvalue weighted by atomic mass is 10.0. The molecule has 3 N–H and O–H groups in total. The SMILES string of the molecule is CC(C)CC(NC(Cc1cccnc1)C(=O)O)C(=O)O. The summed E-state index contributed by atoms with van der Waals surface area (Å²) in [5.41, 5.74) is 0.751. The summed E-state index contributed by atoms with van der Waals surface area (Å²) >= 11 is 0. The number of pyridine rings is 1. The molecule has 0 aliphatic rings. The zero-order chi connectivity index (χ0) is 15.1. The Bertz CT molecular complexity index is 448. The Kier molecular flexibility index (Phi) is 6.11. The number of aromatic nitrogens is 1. The molecule has 0 amide bonds. The lowest BCUT2D eigenvalue weighted by Crippen LogP contribution is -2.48. The second kappa shape index (κ2) is 7.59. The van der Waals surface area contributed by atoms with Crippen molar-refractivity contribution < 1.29 is 19.8 Å². The molecule has 0 bridgehead atoms. The number of hydrogen-bond donors (Lipinski definition) is 3. The average Bonchev–Trinajstić information content (AvgIpc) is 2.37. The van der Waals surface area contributed by atoms with E-state index >= 15 is 0 Å². The number of hydrogen-bond acceptors (Lipinski definition) is 4. The summed E-state index contributed by atoms with van der Waals surface area (Å²) in [4.78, 5) is 26.4. The fraction of sp³-hybridized carbons (Fsp3) is 0.500. The maximum atomic E-state index is 11.3. The first kappa shape index (κ1) is 16.1. The van der Waals surface area contributed by atoms with E-state index in [1.807, 2.05) is 13.8 Å². The van der Waals surface area contributed by atoms with Gasteiger partial charge in [0.1, 0.15) is 12.1 Å². The molecule has 6 nitrogen and oxygen atoms in total. The summed E-state index contributed by atoms with van der Waals surface area (Å²) in [5.74, 6) is -1.93. The zero-order valence-electron chi connectivity index (χ0n) is 11.6. The van der Waals surface area contributed by atoms with Crippen molar-refractivity contribution in [3.8, 4) is 0 Å². The maximum absolute atomic E-state index is 11.3. The van der Waals surface area contributed by atoms with Gasteiger partial charge in [0.05, 0.1) is 0 Å². The third-order valence-corrected chi connectivity index (χ3v) is 2.87. The lowest BCUT2D eigenvalue weighted by molar-refractivity contribution is -0.142. The first-order valence-electron chi connectivity index (χ1n) is 6.50. The van der Waals surface area contributed by atoms with Crippen molar-refractivity contribution in [2.24, 2.45) is 5.92 Å². The normalized spacial score (nSPS) is 13.9. The summed E-state index contributed by atoms with van der Waals surface area (Å²) in [6.45, 7) is 3.79. The van der Waals surface area contributed by atoms with Gasteiger partial charge in [-0.15, -0.1) is 0 Å². The Labute approximate surface area is 117 Å². The van der Waals surface area contributed by atoms with Crippen molar-refractivity contribution in [3.63, 3.8) is 0 Å². The second-order valence-electron chi connectivity index (χ2n) is 5.14. The Balaban J connectivity index is 2.75. The van der Waals surface area contributed by atoms with Crippen molar-refractivity contribution in [3.05, 3.63) is 30.1 Å². The van der Waals surface area contributed by atoms with Crippen LogP contribution < -0.4 is 5.32 Å². The first-order chi connectivity index (χ1) is 9.40. The van der Waals surface area contributed by atoms with E-state index in [0.29, 0.717) is 6.42 Å². The van der Waals surface area contributed by atoms with Crippen LogP contribution in [-0.4, -0.2) is 39.2 Å². The molecule has 2 unspecified atom stereocenters. The molecule has 0 fully saturated rings. The molecular formula is C14H20N2O4. The summed E-state index contributed by atoms with van der Waals surface area (Å²) < 4.78 is 0. The molecule has 0 radical (unpaired) electrons. The number of rotatable bonds is 8. The van der Waals surface area contributed by atoms with Crippen LogP contribution in [0.15, 0.2) is 24.5 Å². The van der Waals surface area contributed by atoms with E-state index in [0.717, 1.165) is 5.56 Å². The minimum absolute atomic E-state index is 0.163. The van der Waals surface area contributed by atoms with Gasteiger partial charge >= 0.3 is 11.9 Å². The first-order valence-corrected chi connectivity index (χ1v) is 6.50. The van der Waals surface area contributed by atoms with Crippen LogP contribution in [0.4, 0.5) is 0 Å². The molecular weight excluding hydrogens is 260 g/mol. The van der Waals surface area contributed by atoms with E-state index in [9.17, 15) is 14.7 Å². The Morgan fingerprint density at radius 2 is 1.90 bits per heavy atom.